The van der Waals surface area contributed by atoms with Crippen LogP contribution in [-0.4, -0.2) is 48.8 Å². The van der Waals surface area contributed by atoms with Crippen LogP contribution in [0.25, 0.3) is 0 Å². The predicted octanol–water partition coefficient (Wildman–Crippen LogP) is 2.10. The van der Waals surface area contributed by atoms with Crippen LogP contribution in [0.15, 0.2) is 24.3 Å². The highest BCUT2D eigenvalue weighted by atomic mass is 32.1. The summed E-state index contributed by atoms with van der Waals surface area (Å²) >= 11 is 5.38. The molecule has 2 N–H and O–H groups in total. The number of ether oxygens (including phenoxy) is 1. The molecule has 1 aromatic carbocycles. The smallest absolute Gasteiger partial charge is 0.337 e. The van der Waals surface area contributed by atoms with Gasteiger partial charge in [0.25, 0.3) is 0 Å². The first-order valence-electron chi connectivity index (χ1n) is 8.54. The number of piperidine rings is 3. The minimum Gasteiger partial charge on any atom is -0.465 e. The molecule has 3 aliphatic rings. The first kappa shape index (κ1) is 17.7. The van der Waals surface area contributed by atoms with E-state index in [1.165, 1.54) is 13.5 Å². The molecule has 4 rings (SSSR count). The maximum atomic E-state index is 11.6. The monoisotopic (exact) mass is 357 g/mol. The van der Waals surface area contributed by atoms with Gasteiger partial charge in [-0.05, 0) is 55.7 Å². The van der Waals surface area contributed by atoms with Gasteiger partial charge in [0.05, 0.1) is 12.7 Å². The number of nitrogens with zero attached hydrogens (tertiary/aromatic N) is 1. The summed E-state index contributed by atoms with van der Waals surface area (Å²) in [5, 5.41) is 6.97. The third-order valence-corrected chi connectivity index (χ3v) is 5.38. The molecule has 4 atom stereocenters. The Bertz CT molecular complexity index is 700. The second kappa shape index (κ2) is 7.85. The summed E-state index contributed by atoms with van der Waals surface area (Å²) in [5.41, 5.74) is 1.25. The Morgan fingerprint density at radius 3 is 3.04 bits per heavy atom. The van der Waals surface area contributed by atoms with Crippen molar-refractivity contribution in [2.24, 2.45) is 11.8 Å². The second-order valence-corrected chi connectivity index (χ2v) is 7.02. The molecule has 132 valence electrons. The highest BCUT2D eigenvalue weighted by Crippen LogP contribution is 2.35. The van der Waals surface area contributed by atoms with Crippen molar-refractivity contribution in [2.75, 3.05) is 32.1 Å². The van der Waals surface area contributed by atoms with E-state index in [2.05, 4.69) is 21.5 Å². The van der Waals surface area contributed by atoms with Crippen molar-refractivity contribution in [3.8, 4) is 12.3 Å². The van der Waals surface area contributed by atoms with Gasteiger partial charge < -0.3 is 15.4 Å². The van der Waals surface area contributed by atoms with Gasteiger partial charge in [-0.15, -0.1) is 12.3 Å². The van der Waals surface area contributed by atoms with E-state index in [9.17, 15) is 4.79 Å². The van der Waals surface area contributed by atoms with Gasteiger partial charge in [0.15, 0.2) is 5.11 Å². The summed E-state index contributed by atoms with van der Waals surface area (Å²) < 4.78 is 4.73. The number of rotatable bonds is 4. The molecule has 0 amide bonds. The van der Waals surface area contributed by atoms with Gasteiger partial charge in [-0.2, -0.15) is 0 Å². The zero-order valence-electron chi connectivity index (χ0n) is 14.3. The Hall–Kier alpha value is -2.10. The Morgan fingerprint density at radius 2 is 2.36 bits per heavy atom. The van der Waals surface area contributed by atoms with Crippen molar-refractivity contribution in [3.05, 3.63) is 29.8 Å². The van der Waals surface area contributed by atoms with Gasteiger partial charge in [-0.25, -0.2) is 4.79 Å². The van der Waals surface area contributed by atoms with Crippen molar-refractivity contribution >= 4 is 29.0 Å². The Labute approximate surface area is 154 Å². The van der Waals surface area contributed by atoms with E-state index in [1.807, 2.05) is 6.07 Å². The van der Waals surface area contributed by atoms with E-state index < -0.39 is 0 Å². The fourth-order valence-corrected chi connectivity index (χ4v) is 3.97. The number of carbonyl (C=O) groups is 1. The van der Waals surface area contributed by atoms with Crippen LogP contribution in [-0.2, 0) is 4.74 Å². The molecule has 3 fully saturated rings. The lowest BCUT2D eigenvalue weighted by atomic mass is 9.76. The lowest BCUT2D eigenvalue weighted by Crippen LogP contribution is -2.56. The number of thiocarbonyl (C=S) groups is 1. The molecule has 25 heavy (non-hydrogen) atoms. The molecule has 3 aliphatic heterocycles. The normalized spacial score (nSPS) is 27.2. The summed E-state index contributed by atoms with van der Waals surface area (Å²) in [7, 11) is 1.37. The molecule has 3 heterocycles. The van der Waals surface area contributed by atoms with Gasteiger partial charge in [-0.3, -0.25) is 4.90 Å². The van der Waals surface area contributed by atoms with Crippen LogP contribution in [0.2, 0.25) is 0 Å². The Kier molecular flexibility index (Phi) is 5.57. The standard InChI is InChI=1S/C19H23N3O2S/c1-3-13-12-22-8-7-14(13)10-17(22)11-20-19(25)21-16-6-4-5-15(9-16)18(23)24-2/h1,4-6,9,13-14,17H,7-8,10-12H2,2H3,(H2,20,21,25)/t13-,14-,17+/m0/s1. The number of methoxy groups -OCH3 is 1. The minimum absolute atomic E-state index is 0.364. The third-order valence-electron chi connectivity index (χ3n) is 5.13. The van der Waals surface area contributed by atoms with Crippen LogP contribution < -0.4 is 10.6 Å². The number of esters is 1. The number of hydrogen-bond donors (Lipinski definition) is 2. The van der Waals surface area contributed by atoms with Crippen molar-refractivity contribution in [2.45, 2.75) is 18.9 Å². The molecule has 1 aromatic rings. The van der Waals surface area contributed by atoms with Gasteiger partial charge >= 0.3 is 5.97 Å². The molecule has 0 aromatic heterocycles. The van der Waals surface area contributed by atoms with Crippen molar-refractivity contribution in [1.82, 2.24) is 10.2 Å². The highest BCUT2D eigenvalue weighted by molar-refractivity contribution is 7.80. The van der Waals surface area contributed by atoms with Crippen LogP contribution in [0.4, 0.5) is 5.69 Å². The van der Waals surface area contributed by atoms with E-state index >= 15 is 0 Å². The third kappa shape index (κ3) is 4.12. The molecule has 0 aliphatic carbocycles. The van der Waals surface area contributed by atoms with Crippen molar-refractivity contribution < 1.29 is 9.53 Å². The largest absolute Gasteiger partial charge is 0.465 e. The molecule has 6 heteroatoms. The number of terminal acetylenes is 1. The number of fused-ring (bicyclic) bond motifs is 3. The molecular formula is C19H23N3O2S. The maximum absolute atomic E-state index is 11.6. The first-order chi connectivity index (χ1) is 12.1. The second-order valence-electron chi connectivity index (χ2n) is 6.61. The molecule has 5 nitrogen and oxygen atoms in total. The molecule has 3 saturated heterocycles. The number of hydrogen-bond acceptors (Lipinski definition) is 4. The molecular weight excluding hydrogens is 334 g/mol. The molecule has 1 unspecified atom stereocenters. The van der Waals surface area contributed by atoms with Gasteiger partial charge in [0.2, 0.25) is 0 Å². The van der Waals surface area contributed by atoms with E-state index in [-0.39, 0.29) is 5.97 Å². The van der Waals surface area contributed by atoms with Gasteiger partial charge in [0, 0.05) is 30.7 Å². The van der Waals surface area contributed by atoms with Crippen molar-refractivity contribution in [3.63, 3.8) is 0 Å². The van der Waals surface area contributed by atoms with Gasteiger partial charge in [0.1, 0.15) is 0 Å². The zero-order valence-corrected chi connectivity index (χ0v) is 15.1. The first-order valence-corrected chi connectivity index (χ1v) is 8.95. The summed E-state index contributed by atoms with van der Waals surface area (Å²) in [6.45, 7) is 2.92. The van der Waals surface area contributed by atoms with Crippen LogP contribution in [0.5, 0.6) is 0 Å². The summed E-state index contributed by atoms with van der Waals surface area (Å²) in [5.74, 6) is 3.61. The number of benzene rings is 1. The van der Waals surface area contributed by atoms with Crippen LogP contribution in [0, 0.1) is 24.2 Å². The average Bonchev–Trinajstić information content (AvgIpc) is 2.66. The lowest BCUT2D eigenvalue weighted by Gasteiger charge is -2.48. The number of nitrogens with one attached hydrogen (secondary N) is 2. The van der Waals surface area contributed by atoms with E-state index in [0.29, 0.717) is 28.6 Å². The van der Waals surface area contributed by atoms with E-state index in [4.69, 9.17) is 23.4 Å². The summed E-state index contributed by atoms with van der Waals surface area (Å²) in [4.78, 5) is 14.1. The summed E-state index contributed by atoms with van der Waals surface area (Å²) in [6, 6.07) is 7.57. The topological polar surface area (TPSA) is 53.6 Å². The molecule has 0 saturated carbocycles. The fourth-order valence-electron chi connectivity index (χ4n) is 3.77. The quantitative estimate of drug-likeness (QED) is 0.489. The fraction of sp³-hybridized carbons (Fsp3) is 0.474. The molecule has 2 bridgehead atoms. The number of anilines is 1. The van der Waals surface area contributed by atoms with Crippen molar-refractivity contribution in [1.29, 1.82) is 0 Å². The highest BCUT2D eigenvalue weighted by Gasteiger charge is 2.39. The molecule has 0 spiro atoms. The Balaban J connectivity index is 1.51. The van der Waals surface area contributed by atoms with E-state index in [1.54, 1.807) is 18.2 Å². The average molecular weight is 357 g/mol. The number of carbonyl (C=O) groups excluding carboxylic acids is 1. The SMILES string of the molecule is C#C[C@H]1CN2CC[C@H]1C[C@@H]2CNC(=S)Nc1cccc(C(=O)OC)c1. The Morgan fingerprint density at radius 1 is 1.52 bits per heavy atom. The summed E-state index contributed by atoms with van der Waals surface area (Å²) in [6.07, 6.45) is 7.96. The zero-order chi connectivity index (χ0) is 17.8. The predicted molar refractivity (Wildman–Crippen MR) is 102 cm³/mol. The van der Waals surface area contributed by atoms with Gasteiger partial charge in [-0.1, -0.05) is 6.07 Å². The maximum Gasteiger partial charge on any atom is 0.337 e. The van der Waals surface area contributed by atoms with E-state index in [0.717, 1.165) is 31.7 Å². The van der Waals surface area contributed by atoms with Crippen LogP contribution in [0.3, 0.4) is 0 Å². The minimum atomic E-state index is -0.364. The lowest BCUT2D eigenvalue weighted by molar-refractivity contribution is 0.0248. The molecule has 0 radical (unpaired) electrons. The van der Waals surface area contributed by atoms with Crippen LogP contribution >= 0.6 is 12.2 Å². The van der Waals surface area contributed by atoms with Crippen LogP contribution in [0.1, 0.15) is 23.2 Å².